The molecule has 0 radical (unpaired) electrons. The topological polar surface area (TPSA) is 38.3 Å². The van der Waals surface area contributed by atoms with E-state index >= 15 is 0 Å². The van der Waals surface area contributed by atoms with Crippen LogP contribution in [0.15, 0.2) is 30.7 Å². The second-order valence-electron chi connectivity index (χ2n) is 3.12. The lowest BCUT2D eigenvalue weighted by atomic mass is 10.2. The van der Waals surface area contributed by atoms with E-state index in [-0.39, 0.29) is 11.8 Å². The van der Waals surface area contributed by atoms with Gasteiger partial charge in [0.05, 0.1) is 0 Å². The summed E-state index contributed by atoms with van der Waals surface area (Å²) in [4.78, 5) is 10.7. The minimum atomic E-state index is -0.216. The predicted molar refractivity (Wildman–Crippen MR) is 59.8 cm³/mol. The molecule has 4 heteroatoms. The van der Waals surface area contributed by atoms with Crippen LogP contribution in [0.4, 0.5) is 0 Å². The molecule has 1 N–H and O–H groups in total. The van der Waals surface area contributed by atoms with E-state index in [1.807, 2.05) is 6.92 Å². The summed E-state index contributed by atoms with van der Waals surface area (Å²) in [6.07, 6.45) is 0. The highest BCUT2D eigenvalue weighted by Gasteiger charge is 2.03. The Hall–Kier alpha value is -1.48. The van der Waals surface area contributed by atoms with Crippen molar-refractivity contribution in [3.05, 3.63) is 41.2 Å². The third kappa shape index (κ3) is 3.64. The van der Waals surface area contributed by atoms with Crippen molar-refractivity contribution in [2.24, 2.45) is 0 Å². The van der Waals surface area contributed by atoms with Gasteiger partial charge in [-0.15, -0.1) is 0 Å². The van der Waals surface area contributed by atoms with E-state index in [2.05, 4.69) is 11.9 Å². The molecular weight excluding hydrogens is 214 g/mol. The number of rotatable bonds is 3. The molecule has 0 aromatic heterocycles. The summed E-state index contributed by atoms with van der Waals surface area (Å²) in [5, 5.41) is 3.09. The molecule has 0 spiro atoms. The number of benzene rings is 1. The SMILES string of the molecule is C=C(NC(C)=O)Oc1ccc(Cl)cc1C. The molecule has 1 aromatic rings. The zero-order chi connectivity index (χ0) is 11.4. The van der Waals surface area contributed by atoms with Gasteiger partial charge in [-0.3, -0.25) is 10.1 Å². The number of nitrogens with one attached hydrogen (secondary N) is 1. The van der Waals surface area contributed by atoms with Crippen molar-refractivity contribution in [2.45, 2.75) is 13.8 Å². The molecule has 1 rings (SSSR count). The molecule has 0 heterocycles. The molecule has 1 aromatic carbocycles. The summed E-state index contributed by atoms with van der Waals surface area (Å²) in [6.45, 7) is 6.82. The zero-order valence-electron chi connectivity index (χ0n) is 8.63. The fourth-order valence-corrected chi connectivity index (χ4v) is 1.31. The number of hydrogen-bond acceptors (Lipinski definition) is 2. The Morgan fingerprint density at radius 3 is 2.73 bits per heavy atom. The molecule has 0 saturated heterocycles. The Morgan fingerprint density at radius 2 is 2.20 bits per heavy atom. The normalized spacial score (nSPS) is 9.53. The van der Waals surface area contributed by atoms with Crippen LogP contribution in [0.3, 0.4) is 0 Å². The lowest BCUT2D eigenvalue weighted by molar-refractivity contribution is -0.118. The van der Waals surface area contributed by atoms with Crippen molar-refractivity contribution in [3.8, 4) is 5.75 Å². The van der Waals surface area contributed by atoms with Crippen molar-refractivity contribution in [3.63, 3.8) is 0 Å². The summed E-state index contributed by atoms with van der Waals surface area (Å²) in [5.41, 5.74) is 0.883. The van der Waals surface area contributed by atoms with E-state index in [1.165, 1.54) is 6.92 Å². The van der Waals surface area contributed by atoms with Gasteiger partial charge in [0.1, 0.15) is 5.75 Å². The molecule has 0 unspecified atom stereocenters. The third-order valence-electron chi connectivity index (χ3n) is 1.69. The van der Waals surface area contributed by atoms with Gasteiger partial charge < -0.3 is 4.74 Å². The maximum atomic E-state index is 10.7. The van der Waals surface area contributed by atoms with Crippen LogP contribution in [0.1, 0.15) is 12.5 Å². The summed E-state index contributed by atoms with van der Waals surface area (Å²) in [7, 11) is 0. The number of halogens is 1. The Labute approximate surface area is 93.7 Å². The Balaban J connectivity index is 2.72. The molecule has 0 aliphatic carbocycles. The van der Waals surface area contributed by atoms with Crippen molar-refractivity contribution in [1.82, 2.24) is 5.32 Å². The summed E-state index contributed by atoms with van der Waals surface area (Å²) in [6, 6.07) is 5.22. The van der Waals surface area contributed by atoms with Gasteiger partial charge in [0.15, 0.2) is 5.88 Å². The highest BCUT2D eigenvalue weighted by molar-refractivity contribution is 6.30. The fraction of sp³-hybridized carbons (Fsp3) is 0.182. The van der Waals surface area contributed by atoms with E-state index < -0.39 is 0 Å². The Kier molecular flexibility index (Phi) is 3.74. The predicted octanol–water partition coefficient (Wildman–Crippen LogP) is 2.63. The maximum Gasteiger partial charge on any atom is 0.223 e. The van der Waals surface area contributed by atoms with Crippen molar-refractivity contribution >= 4 is 17.5 Å². The molecule has 3 nitrogen and oxygen atoms in total. The first-order valence-corrected chi connectivity index (χ1v) is 4.77. The third-order valence-corrected chi connectivity index (χ3v) is 1.92. The van der Waals surface area contributed by atoms with E-state index in [0.717, 1.165) is 5.56 Å². The van der Waals surface area contributed by atoms with Crippen molar-refractivity contribution in [1.29, 1.82) is 0 Å². The minimum Gasteiger partial charge on any atom is -0.441 e. The quantitative estimate of drug-likeness (QED) is 0.804. The first-order chi connectivity index (χ1) is 6.99. The summed E-state index contributed by atoms with van der Waals surface area (Å²) >= 11 is 5.79. The molecule has 0 saturated carbocycles. The second-order valence-corrected chi connectivity index (χ2v) is 3.55. The van der Waals surface area contributed by atoms with Crippen LogP contribution in [0.25, 0.3) is 0 Å². The van der Waals surface area contributed by atoms with E-state index in [0.29, 0.717) is 10.8 Å². The van der Waals surface area contributed by atoms with Gasteiger partial charge in [0.2, 0.25) is 5.91 Å². The average molecular weight is 226 g/mol. The van der Waals surface area contributed by atoms with Crippen molar-refractivity contribution in [2.75, 3.05) is 0 Å². The van der Waals surface area contributed by atoms with Gasteiger partial charge in [-0.05, 0) is 37.3 Å². The van der Waals surface area contributed by atoms with E-state index in [1.54, 1.807) is 18.2 Å². The molecule has 0 aliphatic rings. The first-order valence-electron chi connectivity index (χ1n) is 4.39. The monoisotopic (exact) mass is 225 g/mol. The van der Waals surface area contributed by atoms with Crippen LogP contribution in [0.5, 0.6) is 5.75 Å². The Morgan fingerprint density at radius 1 is 1.53 bits per heavy atom. The van der Waals surface area contributed by atoms with E-state index in [4.69, 9.17) is 16.3 Å². The lowest BCUT2D eigenvalue weighted by Crippen LogP contribution is -2.22. The number of hydrogen-bond donors (Lipinski definition) is 1. The van der Waals surface area contributed by atoms with Crippen LogP contribution >= 0.6 is 11.6 Å². The lowest BCUT2D eigenvalue weighted by Gasteiger charge is -2.10. The molecule has 0 atom stereocenters. The van der Waals surface area contributed by atoms with Crippen molar-refractivity contribution < 1.29 is 9.53 Å². The summed E-state index contributed by atoms with van der Waals surface area (Å²) in [5.74, 6) is 0.609. The van der Waals surface area contributed by atoms with Gasteiger partial charge in [0, 0.05) is 11.9 Å². The van der Waals surface area contributed by atoms with Gasteiger partial charge >= 0.3 is 0 Å². The molecular formula is C11H12ClNO2. The van der Waals surface area contributed by atoms with E-state index in [9.17, 15) is 4.79 Å². The zero-order valence-corrected chi connectivity index (χ0v) is 9.39. The van der Waals surface area contributed by atoms with Crippen LogP contribution < -0.4 is 10.1 Å². The summed E-state index contributed by atoms with van der Waals surface area (Å²) < 4.78 is 5.33. The average Bonchev–Trinajstić information content (AvgIpc) is 2.08. The van der Waals surface area contributed by atoms with Gasteiger partial charge in [0.25, 0.3) is 0 Å². The molecule has 0 bridgehead atoms. The smallest absolute Gasteiger partial charge is 0.223 e. The van der Waals surface area contributed by atoms with Crippen LogP contribution in [-0.2, 0) is 4.79 Å². The number of ether oxygens (including phenoxy) is 1. The fourth-order valence-electron chi connectivity index (χ4n) is 1.08. The first kappa shape index (κ1) is 11.6. The van der Waals surface area contributed by atoms with Gasteiger partial charge in [-0.25, -0.2) is 0 Å². The highest BCUT2D eigenvalue weighted by Crippen LogP contribution is 2.22. The molecule has 0 aliphatic heterocycles. The molecule has 80 valence electrons. The molecule has 0 fully saturated rings. The number of carbonyl (C=O) groups is 1. The van der Waals surface area contributed by atoms with Gasteiger partial charge in [-0.1, -0.05) is 11.6 Å². The number of carbonyl (C=O) groups excluding carboxylic acids is 1. The maximum absolute atomic E-state index is 10.7. The molecule has 1 amide bonds. The standard InChI is InChI=1S/C11H12ClNO2/c1-7-6-10(12)4-5-11(7)15-9(3)13-8(2)14/h4-6H,3H2,1-2H3,(H,13,14). The Bertz CT molecular complexity index is 402. The van der Waals surface area contributed by atoms with Crippen LogP contribution in [0.2, 0.25) is 5.02 Å². The van der Waals surface area contributed by atoms with Crippen LogP contribution in [-0.4, -0.2) is 5.91 Å². The largest absolute Gasteiger partial charge is 0.441 e. The number of amides is 1. The second kappa shape index (κ2) is 4.84. The van der Waals surface area contributed by atoms with Gasteiger partial charge in [-0.2, -0.15) is 0 Å². The highest BCUT2D eigenvalue weighted by atomic mass is 35.5. The van der Waals surface area contributed by atoms with Crippen LogP contribution in [0, 0.1) is 6.92 Å². The number of aryl methyl sites for hydroxylation is 1. The molecule has 15 heavy (non-hydrogen) atoms. The minimum absolute atomic E-state index is 0.202.